The number of aliphatic hydroxyl groups is 1. The average Bonchev–Trinajstić information content (AvgIpc) is 3.56. The second-order valence-electron chi connectivity index (χ2n) is 12.4. The predicted octanol–water partition coefficient (Wildman–Crippen LogP) is 4.46. The Hall–Kier alpha value is -3.87. The summed E-state index contributed by atoms with van der Waals surface area (Å²) in [5.74, 6) is -1.51. The van der Waals surface area contributed by atoms with E-state index in [1.54, 1.807) is 52.0 Å². The van der Waals surface area contributed by atoms with Gasteiger partial charge in [0.15, 0.2) is 5.82 Å². The van der Waals surface area contributed by atoms with E-state index in [4.69, 9.17) is 14.2 Å². The Labute approximate surface area is 288 Å². The number of nitrogens with one attached hydrogen (secondary N) is 1. The molecule has 13 nitrogen and oxygen atoms in total. The number of imidazole rings is 1. The first-order valence-electron chi connectivity index (χ1n) is 15.1. The van der Waals surface area contributed by atoms with Crippen LogP contribution in [0.15, 0.2) is 40.5 Å². The van der Waals surface area contributed by atoms with Crippen LogP contribution < -0.4 is 15.0 Å². The van der Waals surface area contributed by atoms with Gasteiger partial charge in [0.25, 0.3) is 5.91 Å². The van der Waals surface area contributed by atoms with E-state index in [-0.39, 0.29) is 27.6 Å². The number of alkyl halides is 3. The number of halogens is 4. The van der Waals surface area contributed by atoms with Crippen LogP contribution in [0, 0.1) is 6.92 Å². The highest BCUT2D eigenvalue weighted by Crippen LogP contribution is 2.38. The molecule has 0 bridgehead atoms. The number of morpholine rings is 1. The van der Waals surface area contributed by atoms with E-state index in [9.17, 15) is 36.3 Å². The Kier molecular flexibility index (Phi) is 9.99. The van der Waals surface area contributed by atoms with E-state index < -0.39 is 57.2 Å². The number of sulfonamides is 1. The van der Waals surface area contributed by atoms with Crippen molar-refractivity contribution in [1.82, 2.24) is 19.2 Å². The molecular formula is C31H35BrF3N5O8S. The Morgan fingerprint density at radius 1 is 1.16 bits per heavy atom. The van der Waals surface area contributed by atoms with E-state index in [0.717, 1.165) is 4.57 Å². The van der Waals surface area contributed by atoms with Crippen molar-refractivity contribution < 1.29 is 50.5 Å². The van der Waals surface area contributed by atoms with Crippen molar-refractivity contribution in [2.45, 2.75) is 44.9 Å². The molecule has 49 heavy (non-hydrogen) atoms. The summed E-state index contributed by atoms with van der Waals surface area (Å²) in [5.41, 5.74) is -5.71. The highest BCUT2D eigenvalue weighted by Gasteiger charge is 2.55. The number of hydrogen-bond donors (Lipinski definition) is 2. The fourth-order valence-corrected chi connectivity index (χ4v) is 6.88. The number of nitrogens with zero attached hydrogens (tertiary/aromatic N) is 4. The molecule has 1 atom stereocenters. The summed E-state index contributed by atoms with van der Waals surface area (Å²) in [6.07, 6.45) is -2.27. The number of benzene rings is 2. The van der Waals surface area contributed by atoms with Crippen LogP contribution in [0.2, 0.25) is 0 Å². The standard InChI is InChI=1S/C31H35BrF3N5O8S/c1-17-12-19(38-8-10-47-11-9-38)14-22-26(17)37-27(40(22)29(43)48-30(2,3)4)25-21(16-39(28(25)42)49(44,45)31(33,34)35)36-15-23(41)18-6-7-24(46-5)20(32)13-18/h6-7,12-14,23,36,41H,8-11,15-16H2,1-5H3. The van der Waals surface area contributed by atoms with Gasteiger partial charge in [-0.15, -0.1) is 0 Å². The molecule has 18 heteroatoms. The molecule has 3 aromatic rings. The number of hydrogen-bond acceptors (Lipinski definition) is 11. The summed E-state index contributed by atoms with van der Waals surface area (Å²) < 4.78 is 84.1. The normalized spacial score (nSPS) is 16.8. The summed E-state index contributed by atoms with van der Waals surface area (Å²) in [6.45, 7) is 7.14. The lowest BCUT2D eigenvalue weighted by molar-refractivity contribution is -0.121. The highest BCUT2D eigenvalue weighted by atomic mass is 79.9. The zero-order chi connectivity index (χ0) is 36.1. The Bertz CT molecular complexity index is 1940. The number of methoxy groups -OCH3 is 1. The molecule has 266 valence electrons. The summed E-state index contributed by atoms with van der Waals surface area (Å²) >= 11 is 3.33. The molecular weight excluding hydrogens is 739 g/mol. The minimum Gasteiger partial charge on any atom is -0.496 e. The van der Waals surface area contributed by atoms with Crippen molar-refractivity contribution in [3.63, 3.8) is 0 Å². The van der Waals surface area contributed by atoms with Crippen LogP contribution in [0.25, 0.3) is 16.6 Å². The van der Waals surface area contributed by atoms with Crippen LogP contribution in [0.4, 0.5) is 23.7 Å². The third kappa shape index (κ3) is 7.22. The van der Waals surface area contributed by atoms with Gasteiger partial charge in [-0.3, -0.25) is 4.79 Å². The van der Waals surface area contributed by atoms with Crippen molar-refractivity contribution in [3.05, 3.63) is 57.5 Å². The van der Waals surface area contributed by atoms with Gasteiger partial charge < -0.3 is 29.5 Å². The lowest BCUT2D eigenvalue weighted by Gasteiger charge is -2.29. The van der Waals surface area contributed by atoms with Gasteiger partial charge >= 0.3 is 21.6 Å². The number of ether oxygens (including phenoxy) is 3. The molecule has 2 aromatic carbocycles. The third-order valence-electron chi connectivity index (χ3n) is 7.81. The summed E-state index contributed by atoms with van der Waals surface area (Å²) in [6, 6.07) is 8.18. The first-order chi connectivity index (χ1) is 22.8. The lowest BCUT2D eigenvalue weighted by Crippen LogP contribution is -2.43. The predicted molar refractivity (Wildman–Crippen MR) is 176 cm³/mol. The molecule has 0 aliphatic carbocycles. The minimum absolute atomic E-state index is 0.186. The lowest BCUT2D eigenvalue weighted by atomic mass is 10.1. The van der Waals surface area contributed by atoms with Gasteiger partial charge in [-0.25, -0.2) is 18.7 Å². The quantitative estimate of drug-likeness (QED) is 0.334. The Morgan fingerprint density at radius 2 is 1.84 bits per heavy atom. The molecule has 1 saturated heterocycles. The highest BCUT2D eigenvalue weighted by molar-refractivity contribution is 9.10. The first-order valence-corrected chi connectivity index (χ1v) is 17.3. The fraction of sp³-hybridized carbons (Fsp3) is 0.452. The van der Waals surface area contributed by atoms with Gasteiger partial charge in [0.05, 0.1) is 48.5 Å². The molecule has 0 radical (unpaired) electrons. The number of rotatable bonds is 8. The smallest absolute Gasteiger partial charge is 0.496 e. The molecule has 2 N–H and O–H groups in total. The average molecular weight is 775 g/mol. The van der Waals surface area contributed by atoms with Gasteiger partial charge in [-0.1, -0.05) is 6.07 Å². The second kappa shape index (κ2) is 13.4. The second-order valence-corrected chi connectivity index (χ2v) is 15.1. The molecule has 2 aliphatic rings. The van der Waals surface area contributed by atoms with Gasteiger partial charge in [0.2, 0.25) is 0 Å². The monoisotopic (exact) mass is 773 g/mol. The topological polar surface area (TPSA) is 153 Å². The SMILES string of the molecule is COc1ccc(C(O)CNC2=C(c3nc4c(C)cc(N5CCOCC5)cc4n3C(=O)OC(C)(C)C)C(=O)N(S(=O)(=O)C(F)(F)F)C2)cc1Br. The van der Waals surface area contributed by atoms with Crippen LogP contribution in [0.1, 0.15) is 43.8 Å². The maximum absolute atomic E-state index is 13.8. The molecule has 3 heterocycles. The summed E-state index contributed by atoms with van der Waals surface area (Å²) in [5, 5.41) is 13.7. The molecule has 1 aromatic heterocycles. The van der Waals surface area contributed by atoms with Gasteiger partial charge in [0, 0.05) is 31.0 Å². The maximum Gasteiger partial charge on any atom is 0.516 e. The summed E-state index contributed by atoms with van der Waals surface area (Å²) in [7, 11) is -4.72. The number of aromatic nitrogens is 2. The molecule has 5 rings (SSSR count). The van der Waals surface area contributed by atoms with Crippen molar-refractivity contribution in [2.75, 3.05) is 51.4 Å². The van der Waals surface area contributed by atoms with Crippen molar-refractivity contribution in [2.24, 2.45) is 0 Å². The van der Waals surface area contributed by atoms with Crippen LogP contribution in [0.5, 0.6) is 5.75 Å². The maximum atomic E-state index is 13.8. The van der Waals surface area contributed by atoms with Gasteiger partial charge in [-0.2, -0.15) is 21.6 Å². The van der Waals surface area contributed by atoms with Gasteiger partial charge in [0.1, 0.15) is 16.9 Å². The van der Waals surface area contributed by atoms with E-state index >= 15 is 0 Å². The molecule has 1 unspecified atom stereocenters. The van der Waals surface area contributed by atoms with Crippen molar-refractivity contribution >= 4 is 60.2 Å². The van der Waals surface area contributed by atoms with Crippen molar-refractivity contribution in [3.8, 4) is 5.75 Å². The zero-order valence-corrected chi connectivity index (χ0v) is 29.6. The molecule has 1 fully saturated rings. The van der Waals surface area contributed by atoms with E-state index in [1.807, 2.05) is 11.0 Å². The number of carbonyl (C=O) groups is 2. The molecule has 1 amide bonds. The van der Waals surface area contributed by atoms with E-state index in [2.05, 4.69) is 26.2 Å². The van der Waals surface area contributed by atoms with E-state index in [1.165, 1.54) is 7.11 Å². The fourth-order valence-electron chi connectivity index (χ4n) is 5.46. The van der Waals surface area contributed by atoms with Gasteiger partial charge in [-0.05, 0) is 79.0 Å². The van der Waals surface area contributed by atoms with Crippen LogP contribution >= 0.6 is 15.9 Å². The molecule has 0 saturated carbocycles. The van der Waals surface area contributed by atoms with Crippen LogP contribution in [0.3, 0.4) is 0 Å². The first kappa shape index (κ1) is 36.4. The molecule has 2 aliphatic heterocycles. The number of carbonyl (C=O) groups excluding carboxylic acids is 2. The van der Waals surface area contributed by atoms with Crippen molar-refractivity contribution in [1.29, 1.82) is 0 Å². The zero-order valence-electron chi connectivity index (χ0n) is 27.2. The number of fused-ring (bicyclic) bond motifs is 1. The number of amides is 1. The number of anilines is 1. The number of aryl methyl sites for hydroxylation is 1. The van der Waals surface area contributed by atoms with Crippen LogP contribution in [-0.4, -0.2) is 97.0 Å². The Morgan fingerprint density at radius 3 is 2.43 bits per heavy atom. The van der Waals surface area contributed by atoms with E-state index in [0.29, 0.717) is 53.3 Å². The Balaban J connectivity index is 1.67. The summed E-state index contributed by atoms with van der Waals surface area (Å²) in [4.78, 5) is 34.2. The van der Waals surface area contributed by atoms with Crippen LogP contribution in [-0.2, 0) is 24.3 Å². The minimum atomic E-state index is -6.18. The third-order valence-corrected chi connectivity index (χ3v) is 9.89. The number of aliphatic hydroxyl groups excluding tert-OH is 1. The molecule has 0 spiro atoms. The largest absolute Gasteiger partial charge is 0.516 e.